The molecule has 2 unspecified atom stereocenters. The predicted octanol–water partition coefficient (Wildman–Crippen LogP) is 4.04. The maximum absolute atomic E-state index is 13.6. The van der Waals surface area contributed by atoms with Crippen molar-refractivity contribution in [3.05, 3.63) is 39.7 Å². The zero-order valence-electron chi connectivity index (χ0n) is 12.6. The smallest absolute Gasteiger partial charge is 0.304 e. The molecule has 4 nitrogen and oxygen atoms in total. The second-order valence-electron chi connectivity index (χ2n) is 6.22. The van der Waals surface area contributed by atoms with Gasteiger partial charge in [-0.15, -0.1) is 0 Å². The summed E-state index contributed by atoms with van der Waals surface area (Å²) < 4.78 is 13.6. The Balaban J connectivity index is 1.99. The average Bonchev–Trinajstić information content (AvgIpc) is 2.45. The number of hydrogen-bond acceptors (Lipinski definition) is 3. The van der Waals surface area contributed by atoms with Gasteiger partial charge in [0.25, 0.3) is 0 Å². The summed E-state index contributed by atoms with van der Waals surface area (Å²) in [4.78, 5) is 9.91. The summed E-state index contributed by atoms with van der Waals surface area (Å²) in [6.07, 6.45) is 4.91. The number of nitro groups is 1. The van der Waals surface area contributed by atoms with Crippen LogP contribution in [0.5, 0.6) is 0 Å². The van der Waals surface area contributed by atoms with Gasteiger partial charge in [-0.05, 0) is 36.3 Å². The van der Waals surface area contributed by atoms with E-state index >= 15 is 0 Å². The Morgan fingerprint density at radius 2 is 2.10 bits per heavy atom. The van der Waals surface area contributed by atoms with Gasteiger partial charge in [-0.2, -0.15) is 4.39 Å². The maximum atomic E-state index is 13.6. The fourth-order valence-electron chi connectivity index (χ4n) is 3.27. The molecule has 0 heterocycles. The molecule has 0 saturated heterocycles. The standard InChI is InChI=1S/C16H23FN2O2/c1-11(2)13-5-3-4-6-15(13)18-10-12-7-8-16(19(20)21)14(17)9-12/h7-9,11,13,15,18H,3-6,10H2,1-2H3. The lowest BCUT2D eigenvalue weighted by molar-refractivity contribution is -0.387. The van der Waals surface area contributed by atoms with Crippen LogP contribution in [0.1, 0.15) is 45.1 Å². The van der Waals surface area contributed by atoms with Crippen LogP contribution in [0.15, 0.2) is 18.2 Å². The van der Waals surface area contributed by atoms with Crippen molar-refractivity contribution in [3.63, 3.8) is 0 Å². The molecule has 1 aromatic carbocycles. The topological polar surface area (TPSA) is 55.2 Å². The van der Waals surface area contributed by atoms with Crippen LogP contribution in [0.25, 0.3) is 0 Å². The first-order chi connectivity index (χ1) is 9.99. The summed E-state index contributed by atoms with van der Waals surface area (Å²) in [5.41, 5.74) is 0.294. The molecule has 0 aromatic heterocycles. The van der Waals surface area contributed by atoms with E-state index in [4.69, 9.17) is 0 Å². The third-order valence-corrected chi connectivity index (χ3v) is 4.45. The molecule has 0 bridgehead atoms. The molecule has 2 rings (SSSR count). The number of rotatable bonds is 5. The molecular formula is C16H23FN2O2. The lowest BCUT2D eigenvalue weighted by atomic mass is 9.78. The van der Waals surface area contributed by atoms with Gasteiger partial charge in [0.2, 0.25) is 5.82 Å². The molecule has 0 spiro atoms. The van der Waals surface area contributed by atoms with E-state index in [-0.39, 0.29) is 0 Å². The largest absolute Gasteiger partial charge is 0.310 e. The number of nitrogens with one attached hydrogen (secondary N) is 1. The molecule has 1 N–H and O–H groups in total. The van der Waals surface area contributed by atoms with E-state index in [1.165, 1.54) is 31.4 Å². The summed E-state index contributed by atoms with van der Waals surface area (Å²) in [6.45, 7) is 5.05. The third-order valence-electron chi connectivity index (χ3n) is 4.45. The van der Waals surface area contributed by atoms with Crippen LogP contribution >= 0.6 is 0 Å². The number of hydrogen-bond donors (Lipinski definition) is 1. The van der Waals surface area contributed by atoms with Crippen molar-refractivity contribution in [2.24, 2.45) is 11.8 Å². The molecule has 2 atom stereocenters. The fourth-order valence-corrected chi connectivity index (χ4v) is 3.27. The minimum Gasteiger partial charge on any atom is -0.310 e. The first-order valence-electron chi connectivity index (χ1n) is 7.65. The van der Waals surface area contributed by atoms with Crippen molar-refractivity contribution in [2.45, 2.75) is 52.1 Å². The molecular weight excluding hydrogens is 271 g/mol. The van der Waals surface area contributed by atoms with Gasteiger partial charge in [0.15, 0.2) is 0 Å². The van der Waals surface area contributed by atoms with Crippen LogP contribution < -0.4 is 5.32 Å². The van der Waals surface area contributed by atoms with Gasteiger partial charge in [0.1, 0.15) is 0 Å². The molecule has 21 heavy (non-hydrogen) atoms. The second-order valence-corrected chi connectivity index (χ2v) is 6.22. The van der Waals surface area contributed by atoms with Crippen LogP contribution in [-0.2, 0) is 6.54 Å². The van der Waals surface area contributed by atoms with Crippen molar-refractivity contribution in [1.29, 1.82) is 0 Å². The van der Waals surface area contributed by atoms with Crippen LogP contribution in [-0.4, -0.2) is 11.0 Å². The Kier molecular flexibility index (Phi) is 5.28. The number of benzene rings is 1. The lowest BCUT2D eigenvalue weighted by Gasteiger charge is -2.35. The molecule has 0 radical (unpaired) electrons. The van der Waals surface area contributed by atoms with Gasteiger partial charge >= 0.3 is 5.69 Å². The number of nitrogens with zero attached hydrogens (tertiary/aromatic N) is 1. The monoisotopic (exact) mass is 294 g/mol. The molecule has 116 valence electrons. The molecule has 5 heteroatoms. The van der Waals surface area contributed by atoms with Crippen LogP contribution in [0, 0.1) is 27.8 Å². The molecule has 0 amide bonds. The average molecular weight is 294 g/mol. The fraction of sp³-hybridized carbons (Fsp3) is 0.625. The summed E-state index contributed by atoms with van der Waals surface area (Å²) in [5.74, 6) is 0.529. The lowest BCUT2D eigenvalue weighted by Crippen LogP contribution is -2.40. The molecule has 1 aromatic rings. The number of nitro benzene ring substituents is 1. The first kappa shape index (κ1) is 15.9. The Hall–Kier alpha value is -1.49. The van der Waals surface area contributed by atoms with E-state index in [1.807, 2.05) is 0 Å². The number of halogens is 1. The van der Waals surface area contributed by atoms with E-state index in [9.17, 15) is 14.5 Å². The Bertz CT molecular complexity index is 505. The van der Waals surface area contributed by atoms with Crippen molar-refractivity contribution in [2.75, 3.05) is 0 Å². The van der Waals surface area contributed by atoms with E-state index < -0.39 is 16.4 Å². The van der Waals surface area contributed by atoms with Gasteiger partial charge in [-0.1, -0.05) is 32.8 Å². The third kappa shape index (κ3) is 4.00. The van der Waals surface area contributed by atoms with Gasteiger partial charge in [-0.3, -0.25) is 10.1 Å². The second kappa shape index (κ2) is 6.98. The van der Waals surface area contributed by atoms with Crippen molar-refractivity contribution < 1.29 is 9.31 Å². The van der Waals surface area contributed by atoms with E-state index in [2.05, 4.69) is 19.2 Å². The Morgan fingerprint density at radius 1 is 1.38 bits per heavy atom. The van der Waals surface area contributed by atoms with Crippen LogP contribution in [0.4, 0.5) is 10.1 Å². The molecule has 1 aliphatic rings. The van der Waals surface area contributed by atoms with E-state index in [0.717, 1.165) is 12.0 Å². The molecule has 1 saturated carbocycles. The summed E-state index contributed by atoms with van der Waals surface area (Å²) in [5, 5.41) is 14.1. The highest BCUT2D eigenvalue weighted by Gasteiger charge is 2.27. The highest BCUT2D eigenvalue weighted by molar-refractivity contribution is 5.34. The highest BCUT2D eigenvalue weighted by atomic mass is 19.1. The highest BCUT2D eigenvalue weighted by Crippen LogP contribution is 2.30. The van der Waals surface area contributed by atoms with Gasteiger partial charge < -0.3 is 5.32 Å². The van der Waals surface area contributed by atoms with Crippen molar-refractivity contribution in [1.82, 2.24) is 5.32 Å². The minimum absolute atomic E-state index is 0.456. The quantitative estimate of drug-likeness (QED) is 0.658. The van der Waals surface area contributed by atoms with Gasteiger partial charge in [0.05, 0.1) is 4.92 Å². The summed E-state index contributed by atoms with van der Waals surface area (Å²) >= 11 is 0. The van der Waals surface area contributed by atoms with Crippen molar-refractivity contribution >= 4 is 5.69 Å². The SMILES string of the molecule is CC(C)C1CCCCC1NCc1ccc([N+](=O)[O-])c(F)c1. The van der Waals surface area contributed by atoms with Crippen molar-refractivity contribution in [3.8, 4) is 0 Å². The summed E-state index contributed by atoms with van der Waals surface area (Å²) in [6, 6.07) is 4.59. The van der Waals surface area contributed by atoms with E-state index in [0.29, 0.717) is 24.4 Å². The molecule has 0 aliphatic heterocycles. The predicted molar refractivity (Wildman–Crippen MR) is 80.5 cm³/mol. The van der Waals surface area contributed by atoms with Crippen LogP contribution in [0.2, 0.25) is 0 Å². The Morgan fingerprint density at radius 3 is 2.71 bits per heavy atom. The molecule has 1 fully saturated rings. The maximum Gasteiger partial charge on any atom is 0.304 e. The van der Waals surface area contributed by atoms with Gasteiger partial charge in [-0.25, -0.2) is 0 Å². The first-order valence-corrected chi connectivity index (χ1v) is 7.65. The normalized spacial score (nSPS) is 22.5. The minimum atomic E-state index is -0.761. The van der Waals surface area contributed by atoms with Gasteiger partial charge in [0, 0.05) is 18.7 Å². The zero-order valence-corrected chi connectivity index (χ0v) is 12.6. The molecule has 1 aliphatic carbocycles. The van der Waals surface area contributed by atoms with Crippen LogP contribution in [0.3, 0.4) is 0 Å². The Labute approximate surface area is 124 Å². The zero-order chi connectivity index (χ0) is 15.4. The van der Waals surface area contributed by atoms with E-state index in [1.54, 1.807) is 6.07 Å². The summed E-state index contributed by atoms with van der Waals surface area (Å²) in [7, 11) is 0.